The number of hydrogen-bond acceptors (Lipinski definition) is 5. The molecule has 1 aromatic carbocycles. The monoisotopic (exact) mass is 456 g/mol. The zero-order valence-corrected chi connectivity index (χ0v) is 20.7. The molecule has 1 N–H and O–H groups in total. The van der Waals surface area contributed by atoms with Gasteiger partial charge in [0.05, 0.1) is 17.9 Å². The van der Waals surface area contributed by atoms with E-state index in [0.29, 0.717) is 26.2 Å². The van der Waals surface area contributed by atoms with Gasteiger partial charge in [-0.2, -0.15) is 5.10 Å². The highest BCUT2D eigenvalue weighted by atomic mass is 16.5. The normalized spacial score (nSPS) is 14.5. The summed E-state index contributed by atoms with van der Waals surface area (Å²) in [5, 5.41) is 8.03. The van der Waals surface area contributed by atoms with E-state index in [1.54, 1.807) is 7.11 Å². The lowest BCUT2D eigenvalue weighted by molar-refractivity contribution is 0.166. The molecular formula is C25H40N6O2. The summed E-state index contributed by atoms with van der Waals surface area (Å²) in [4.78, 5) is 19.7. The predicted octanol–water partition coefficient (Wildman–Crippen LogP) is 3.28. The molecule has 2 amide bonds. The van der Waals surface area contributed by atoms with E-state index in [2.05, 4.69) is 52.8 Å². The number of urea groups is 1. The Morgan fingerprint density at radius 1 is 1.15 bits per heavy atom. The quantitative estimate of drug-likeness (QED) is 0.526. The van der Waals surface area contributed by atoms with Crippen LogP contribution < -0.4 is 10.2 Å². The number of ether oxygens (including phenoxy) is 1. The molecule has 0 spiro atoms. The lowest BCUT2D eigenvalue weighted by Gasteiger charge is -2.35. The van der Waals surface area contributed by atoms with E-state index in [1.807, 2.05) is 23.1 Å². The molecule has 1 aliphatic rings. The minimum absolute atomic E-state index is 0.0178. The summed E-state index contributed by atoms with van der Waals surface area (Å²) in [5.74, 6) is 1.10. The van der Waals surface area contributed by atoms with Crippen molar-refractivity contribution in [2.24, 2.45) is 0 Å². The second-order valence-corrected chi connectivity index (χ2v) is 8.78. The Morgan fingerprint density at radius 3 is 2.55 bits per heavy atom. The lowest BCUT2D eigenvalue weighted by Crippen LogP contribution is -2.46. The minimum atomic E-state index is -0.0178. The Bertz CT molecular complexity index is 861. The molecule has 0 radical (unpaired) electrons. The first-order chi connectivity index (χ1) is 16.0. The van der Waals surface area contributed by atoms with E-state index in [0.717, 1.165) is 68.2 Å². The number of rotatable bonds is 11. The second kappa shape index (κ2) is 12.6. The third-order valence-corrected chi connectivity index (χ3v) is 6.18. The molecule has 0 unspecified atom stereocenters. The summed E-state index contributed by atoms with van der Waals surface area (Å²) in [5.41, 5.74) is 3.12. The summed E-state index contributed by atoms with van der Waals surface area (Å²) in [6.07, 6.45) is 2.84. The topological polar surface area (TPSA) is 65.9 Å². The van der Waals surface area contributed by atoms with Gasteiger partial charge in [-0.1, -0.05) is 31.5 Å². The number of piperazine rings is 1. The molecule has 182 valence electrons. The molecule has 1 aliphatic heterocycles. The number of unbranched alkanes of at least 4 members (excludes halogenated alkanes) is 1. The number of nitrogens with one attached hydrogen (secondary N) is 1. The molecule has 1 saturated heterocycles. The minimum Gasteiger partial charge on any atom is -0.385 e. The number of nitrogens with zero attached hydrogens (tertiary/aromatic N) is 5. The molecule has 0 bridgehead atoms. The molecule has 0 atom stereocenters. The van der Waals surface area contributed by atoms with Gasteiger partial charge in [-0.3, -0.25) is 0 Å². The van der Waals surface area contributed by atoms with Crippen molar-refractivity contribution in [3.8, 4) is 5.69 Å². The Balaban J connectivity index is 1.93. The van der Waals surface area contributed by atoms with Gasteiger partial charge in [-0.05, 0) is 38.9 Å². The van der Waals surface area contributed by atoms with Crippen LogP contribution in [0.25, 0.3) is 5.69 Å². The van der Waals surface area contributed by atoms with Crippen LogP contribution in [0.5, 0.6) is 0 Å². The van der Waals surface area contributed by atoms with Crippen LogP contribution in [-0.4, -0.2) is 85.6 Å². The first-order valence-electron chi connectivity index (χ1n) is 12.1. The molecule has 0 aliphatic carbocycles. The first kappa shape index (κ1) is 25.1. The van der Waals surface area contributed by atoms with Crippen molar-refractivity contribution in [3.05, 3.63) is 41.6 Å². The number of aryl methyl sites for hydroxylation is 1. The fraction of sp³-hybridized carbons (Fsp3) is 0.600. The third kappa shape index (κ3) is 6.71. The Hall–Kier alpha value is -2.58. The van der Waals surface area contributed by atoms with Crippen molar-refractivity contribution in [1.29, 1.82) is 0 Å². The third-order valence-electron chi connectivity index (χ3n) is 6.18. The predicted molar refractivity (Wildman–Crippen MR) is 133 cm³/mol. The highest BCUT2D eigenvalue weighted by Crippen LogP contribution is 2.29. The van der Waals surface area contributed by atoms with Crippen molar-refractivity contribution in [1.82, 2.24) is 24.9 Å². The Labute approximate surface area is 198 Å². The van der Waals surface area contributed by atoms with Crippen LogP contribution in [0.2, 0.25) is 0 Å². The number of hydrogen-bond donors (Lipinski definition) is 1. The van der Waals surface area contributed by atoms with Crippen molar-refractivity contribution in [2.75, 3.05) is 64.9 Å². The van der Waals surface area contributed by atoms with Gasteiger partial charge in [0.1, 0.15) is 5.82 Å². The maximum absolute atomic E-state index is 13.1. The van der Waals surface area contributed by atoms with Crippen molar-refractivity contribution in [2.45, 2.75) is 39.7 Å². The Kier molecular flexibility index (Phi) is 9.57. The molecule has 1 aromatic heterocycles. The van der Waals surface area contributed by atoms with Crippen LogP contribution in [0.1, 0.15) is 37.4 Å². The van der Waals surface area contributed by atoms with Crippen LogP contribution in [0.15, 0.2) is 30.3 Å². The van der Waals surface area contributed by atoms with Crippen molar-refractivity contribution >= 4 is 11.8 Å². The summed E-state index contributed by atoms with van der Waals surface area (Å²) >= 11 is 0. The molecular weight excluding hydrogens is 416 g/mol. The summed E-state index contributed by atoms with van der Waals surface area (Å²) in [6, 6.07) is 10.3. The summed E-state index contributed by atoms with van der Waals surface area (Å²) < 4.78 is 7.30. The van der Waals surface area contributed by atoms with Crippen LogP contribution in [0, 0.1) is 6.92 Å². The van der Waals surface area contributed by atoms with Gasteiger partial charge >= 0.3 is 6.03 Å². The van der Waals surface area contributed by atoms with Gasteiger partial charge in [0.25, 0.3) is 0 Å². The summed E-state index contributed by atoms with van der Waals surface area (Å²) in [6.45, 7) is 10.6. The maximum Gasteiger partial charge on any atom is 0.317 e. The molecule has 0 saturated carbocycles. The maximum atomic E-state index is 13.1. The van der Waals surface area contributed by atoms with Gasteiger partial charge < -0.3 is 24.8 Å². The van der Waals surface area contributed by atoms with E-state index >= 15 is 0 Å². The zero-order valence-electron chi connectivity index (χ0n) is 20.7. The van der Waals surface area contributed by atoms with Crippen molar-refractivity contribution < 1.29 is 9.53 Å². The fourth-order valence-electron chi connectivity index (χ4n) is 4.15. The van der Waals surface area contributed by atoms with Gasteiger partial charge in [0, 0.05) is 58.5 Å². The zero-order chi connectivity index (χ0) is 23.6. The highest BCUT2D eigenvalue weighted by molar-refractivity contribution is 5.74. The van der Waals surface area contributed by atoms with E-state index in [-0.39, 0.29) is 6.03 Å². The average Bonchev–Trinajstić information content (AvgIpc) is 3.15. The number of para-hydroxylation sites is 1. The van der Waals surface area contributed by atoms with Gasteiger partial charge in [0.2, 0.25) is 0 Å². The number of benzene rings is 1. The molecule has 33 heavy (non-hydrogen) atoms. The van der Waals surface area contributed by atoms with Crippen LogP contribution in [-0.2, 0) is 11.3 Å². The average molecular weight is 457 g/mol. The number of carbonyl (C=O) groups excluding carboxylic acids is 1. The summed E-state index contributed by atoms with van der Waals surface area (Å²) in [7, 11) is 3.86. The number of aromatic nitrogens is 2. The number of likely N-dealkylation sites (N-methyl/N-ethyl adjacent to an activating group) is 1. The molecule has 1 fully saturated rings. The van der Waals surface area contributed by atoms with Crippen LogP contribution >= 0.6 is 0 Å². The highest BCUT2D eigenvalue weighted by Gasteiger charge is 2.27. The van der Waals surface area contributed by atoms with Crippen LogP contribution in [0.4, 0.5) is 10.6 Å². The van der Waals surface area contributed by atoms with Crippen LogP contribution in [0.3, 0.4) is 0 Å². The number of methoxy groups -OCH3 is 1. The van der Waals surface area contributed by atoms with E-state index in [1.165, 1.54) is 0 Å². The largest absolute Gasteiger partial charge is 0.385 e. The molecule has 2 heterocycles. The van der Waals surface area contributed by atoms with Gasteiger partial charge in [-0.15, -0.1) is 0 Å². The fourth-order valence-corrected chi connectivity index (χ4v) is 4.15. The SMILES string of the molecule is CCCCNC(=O)N(CCCOC)Cc1c(C)nn(-c2ccccc2)c1N1CCN(C)CC1. The molecule has 8 nitrogen and oxygen atoms in total. The number of amides is 2. The van der Waals surface area contributed by atoms with Gasteiger partial charge in [0.15, 0.2) is 0 Å². The molecule has 2 aromatic rings. The molecule has 3 rings (SSSR count). The Morgan fingerprint density at radius 2 is 1.88 bits per heavy atom. The molecule has 8 heteroatoms. The first-order valence-corrected chi connectivity index (χ1v) is 12.1. The second-order valence-electron chi connectivity index (χ2n) is 8.78. The van der Waals surface area contributed by atoms with E-state index in [4.69, 9.17) is 9.84 Å². The standard InChI is InChI=1S/C25H40N6O2/c1-5-6-13-26-25(32)30(14-10-19-33-4)20-23-21(2)27-31(22-11-8-7-9-12-22)24(23)29-17-15-28(3)16-18-29/h7-9,11-12H,5-6,10,13-20H2,1-4H3,(H,26,32). The lowest BCUT2D eigenvalue weighted by atomic mass is 10.2. The van der Waals surface area contributed by atoms with Gasteiger partial charge in [-0.25, -0.2) is 9.48 Å². The smallest absolute Gasteiger partial charge is 0.317 e. The van der Waals surface area contributed by atoms with E-state index in [9.17, 15) is 4.79 Å². The number of anilines is 1. The van der Waals surface area contributed by atoms with Crippen molar-refractivity contribution in [3.63, 3.8) is 0 Å². The van der Waals surface area contributed by atoms with E-state index < -0.39 is 0 Å². The number of carbonyl (C=O) groups is 1.